The molecular formula is C76H120NO8+. The lowest BCUT2D eigenvalue weighted by Gasteiger charge is -2.25. The Labute approximate surface area is 519 Å². The molecule has 9 heteroatoms. The average molecular weight is 1180 g/mol. The summed E-state index contributed by atoms with van der Waals surface area (Å²) in [6.07, 6.45) is 95.6. The number of rotatable bonds is 58. The van der Waals surface area contributed by atoms with Crippen LogP contribution in [0.2, 0.25) is 0 Å². The van der Waals surface area contributed by atoms with Crippen LogP contribution in [-0.2, 0) is 33.3 Å². The van der Waals surface area contributed by atoms with Crippen molar-refractivity contribution in [2.45, 2.75) is 232 Å². The molecule has 0 saturated carbocycles. The van der Waals surface area contributed by atoms with E-state index in [9.17, 15) is 19.5 Å². The Morgan fingerprint density at radius 1 is 0.353 bits per heavy atom. The summed E-state index contributed by atoms with van der Waals surface area (Å²) in [6, 6.07) is 0. The van der Waals surface area contributed by atoms with Gasteiger partial charge in [0.25, 0.3) is 6.29 Å². The minimum absolute atomic E-state index is 0.170. The van der Waals surface area contributed by atoms with E-state index >= 15 is 0 Å². The predicted octanol–water partition coefficient (Wildman–Crippen LogP) is 20.5. The molecule has 0 aliphatic rings. The van der Waals surface area contributed by atoms with E-state index in [4.69, 9.17) is 18.9 Å². The molecule has 2 unspecified atom stereocenters. The maximum Gasteiger partial charge on any atom is 0.361 e. The molecule has 0 aromatic rings. The lowest BCUT2D eigenvalue weighted by molar-refractivity contribution is -0.870. The summed E-state index contributed by atoms with van der Waals surface area (Å²) in [4.78, 5) is 37.5. The number of allylic oxidation sites excluding steroid dienone is 30. The van der Waals surface area contributed by atoms with Crippen molar-refractivity contribution >= 4 is 17.9 Å². The monoisotopic (exact) mass is 1170 g/mol. The van der Waals surface area contributed by atoms with Crippen LogP contribution >= 0.6 is 0 Å². The predicted molar refractivity (Wildman–Crippen MR) is 363 cm³/mol. The summed E-state index contributed by atoms with van der Waals surface area (Å²) >= 11 is 0. The number of aliphatic carboxylic acids is 1. The molecule has 0 aromatic carbocycles. The zero-order valence-corrected chi connectivity index (χ0v) is 54.2. The van der Waals surface area contributed by atoms with E-state index in [2.05, 4.69) is 196 Å². The molecule has 0 aliphatic carbocycles. The summed E-state index contributed by atoms with van der Waals surface area (Å²) in [5, 5.41) is 9.73. The molecule has 0 rings (SSSR count). The highest BCUT2D eigenvalue weighted by Crippen LogP contribution is 2.15. The molecular weight excluding hydrogens is 1050 g/mol. The summed E-state index contributed by atoms with van der Waals surface area (Å²) in [5.41, 5.74) is 0. The first-order chi connectivity index (χ1) is 41.6. The number of likely N-dealkylation sites (N-methyl/N-ethyl adjacent to an activating group) is 1. The van der Waals surface area contributed by atoms with Crippen LogP contribution in [-0.4, -0.2) is 87.4 Å². The summed E-state index contributed by atoms with van der Waals surface area (Å²) in [5.74, 6) is -2.09. The molecule has 0 spiro atoms. The maximum absolute atomic E-state index is 12.9. The van der Waals surface area contributed by atoms with E-state index in [1.54, 1.807) is 0 Å². The van der Waals surface area contributed by atoms with Gasteiger partial charge in [0, 0.05) is 12.8 Å². The standard InChI is InChI=1S/C76H119NO8/c1-6-8-10-12-14-16-18-20-22-24-26-28-29-30-31-32-33-34-35-36-37-38-39-40-41-42-43-44-45-47-49-51-53-55-57-59-61-63-65-67-74(79)85-72(71-84-76(75(80)81)82-69-68-77(3,4)5)70-83-73(78)66-64-62-60-58-56-54-52-50-48-46-27-25-23-21-19-17-15-13-11-9-7-2/h8-11,14-17,20-23,26-28,30-31,33-34,36-37,39-40,42-43,46,50,52,56,58,72,76H,6-7,12-13,18-19,24-25,29,32,35,38,41,44-45,47-49,51,53-55,57,59-71H2,1-5H3/p+1/b10-8-,11-9-,16-14-,17-15-,22-20-,23-21-,28-26-,31-30-,34-33-,37-36-,40-39-,43-42-,46-27-,52-50-,58-56-. The van der Waals surface area contributed by atoms with Crippen LogP contribution in [0.4, 0.5) is 0 Å². The van der Waals surface area contributed by atoms with Gasteiger partial charge < -0.3 is 28.5 Å². The molecule has 2 atom stereocenters. The van der Waals surface area contributed by atoms with Crippen molar-refractivity contribution in [1.82, 2.24) is 0 Å². The second-order valence-corrected chi connectivity index (χ2v) is 22.3. The van der Waals surface area contributed by atoms with E-state index in [1.807, 2.05) is 21.1 Å². The van der Waals surface area contributed by atoms with E-state index in [-0.39, 0.29) is 32.7 Å². The molecule has 0 radical (unpaired) electrons. The van der Waals surface area contributed by atoms with Gasteiger partial charge in [0.15, 0.2) is 6.10 Å². The number of carboxylic acid groups (broad SMARTS) is 1. The SMILES string of the molecule is CC/C=C\C/C=C\C/C=C\C/C=C\C/C=C\C/C=C\C/C=C\C/C=C\C/C=C\CCCCCCCCCCCCCC(=O)OC(COC(=O)CCCC/C=C\C/C=C\C/C=C\C/C=C\C/C=C\C/C=C\CC)COC(OCC[N+](C)(C)C)C(=O)O. The molecule has 476 valence electrons. The van der Waals surface area contributed by atoms with Crippen LogP contribution < -0.4 is 0 Å². The van der Waals surface area contributed by atoms with Gasteiger partial charge in [0.2, 0.25) is 0 Å². The van der Waals surface area contributed by atoms with Crippen LogP contribution in [0.25, 0.3) is 0 Å². The summed E-state index contributed by atoms with van der Waals surface area (Å²) in [6.45, 7) is 4.57. The molecule has 85 heavy (non-hydrogen) atoms. The van der Waals surface area contributed by atoms with Crippen molar-refractivity contribution in [3.63, 3.8) is 0 Å². The van der Waals surface area contributed by atoms with Crippen LogP contribution in [0.3, 0.4) is 0 Å². The molecule has 0 saturated heterocycles. The number of ether oxygens (including phenoxy) is 4. The van der Waals surface area contributed by atoms with Crippen LogP contribution in [0, 0.1) is 0 Å². The number of carbonyl (C=O) groups excluding carboxylic acids is 2. The highest BCUT2D eigenvalue weighted by molar-refractivity contribution is 5.71. The fourth-order valence-corrected chi connectivity index (χ4v) is 8.18. The fraction of sp³-hybridized carbons (Fsp3) is 0.566. The molecule has 1 N–H and O–H groups in total. The third-order valence-corrected chi connectivity index (χ3v) is 13.2. The number of hydrogen-bond acceptors (Lipinski definition) is 7. The normalized spacial score (nSPS) is 13.9. The summed E-state index contributed by atoms with van der Waals surface area (Å²) in [7, 11) is 5.94. The Bertz CT molecular complexity index is 2050. The Balaban J connectivity index is 4.23. The topological polar surface area (TPSA) is 108 Å². The van der Waals surface area contributed by atoms with E-state index in [0.29, 0.717) is 23.9 Å². The largest absolute Gasteiger partial charge is 0.477 e. The zero-order chi connectivity index (χ0) is 61.9. The fourth-order valence-electron chi connectivity index (χ4n) is 8.18. The Morgan fingerprint density at radius 2 is 0.635 bits per heavy atom. The van der Waals surface area contributed by atoms with Gasteiger partial charge in [-0.05, 0) is 135 Å². The van der Waals surface area contributed by atoms with Crippen molar-refractivity contribution in [2.24, 2.45) is 0 Å². The smallest absolute Gasteiger partial charge is 0.361 e. The Morgan fingerprint density at radius 3 is 0.965 bits per heavy atom. The van der Waals surface area contributed by atoms with Crippen LogP contribution in [0.15, 0.2) is 182 Å². The van der Waals surface area contributed by atoms with E-state index < -0.39 is 30.3 Å². The number of carboxylic acids is 1. The van der Waals surface area contributed by atoms with Gasteiger partial charge in [0.1, 0.15) is 13.2 Å². The van der Waals surface area contributed by atoms with Crippen molar-refractivity contribution in [3.05, 3.63) is 182 Å². The molecule has 9 nitrogen and oxygen atoms in total. The zero-order valence-electron chi connectivity index (χ0n) is 54.2. The number of hydrogen-bond donors (Lipinski definition) is 1. The third-order valence-electron chi connectivity index (χ3n) is 13.2. The number of nitrogens with zero attached hydrogens (tertiary/aromatic N) is 1. The minimum Gasteiger partial charge on any atom is -0.477 e. The first kappa shape index (κ1) is 79.4. The number of esters is 2. The second kappa shape index (κ2) is 64.4. The van der Waals surface area contributed by atoms with E-state index in [1.165, 1.54) is 44.9 Å². The lowest BCUT2D eigenvalue weighted by atomic mass is 10.0. The molecule has 0 heterocycles. The van der Waals surface area contributed by atoms with Crippen LogP contribution in [0.5, 0.6) is 0 Å². The van der Waals surface area contributed by atoms with Gasteiger partial charge in [-0.2, -0.15) is 0 Å². The molecule has 0 amide bonds. The minimum atomic E-state index is -1.53. The lowest BCUT2D eigenvalue weighted by Crippen LogP contribution is -2.40. The van der Waals surface area contributed by atoms with E-state index in [0.717, 1.165) is 135 Å². The van der Waals surface area contributed by atoms with Gasteiger partial charge in [-0.15, -0.1) is 0 Å². The molecule has 0 fully saturated rings. The Hall–Kier alpha value is -5.61. The molecule has 0 aromatic heterocycles. The second-order valence-electron chi connectivity index (χ2n) is 22.3. The average Bonchev–Trinajstić information content (AvgIpc) is 3.49. The van der Waals surface area contributed by atoms with Gasteiger partial charge in [-0.1, -0.05) is 254 Å². The molecule has 0 bridgehead atoms. The van der Waals surface area contributed by atoms with Gasteiger partial charge >= 0.3 is 17.9 Å². The summed E-state index contributed by atoms with van der Waals surface area (Å²) < 4.78 is 22.9. The van der Waals surface area contributed by atoms with Crippen molar-refractivity contribution in [3.8, 4) is 0 Å². The maximum atomic E-state index is 12.9. The number of carbonyl (C=O) groups is 3. The van der Waals surface area contributed by atoms with Crippen molar-refractivity contribution in [2.75, 3.05) is 47.5 Å². The van der Waals surface area contributed by atoms with Crippen molar-refractivity contribution in [1.29, 1.82) is 0 Å². The van der Waals surface area contributed by atoms with Gasteiger partial charge in [0.05, 0.1) is 34.4 Å². The molecule has 0 aliphatic heterocycles. The quantitative estimate of drug-likeness (QED) is 0.0211. The van der Waals surface area contributed by atoms with Crippen LogP contribution in [0.1, 0.15) is 219 Å². The van der Waals surface area contributed by atoms with Gasteiger partial charge in [-0.3, -0.25) is 9.59 Å². The first-order valence-corrected chi connectivity index (χ1v) is 32.9. The third kappa shape index (κ3) is 65.8. The number of quaternary nitrogens is 1. The highest BCUT2D eigenvalue weighted by Gasteiger charge is 2.25. The Kier molecular flexibility index (Phi) is 60.1. The van der Waals surface area contributed by atoms with Crippen molar-refractivity contribution < 1.29 is 42.9 Å². The van der Waals surface area contributed by atoms with Gasteiger partial charge in [-0.25, -0.2) is 4.79 Å². The first-order valence-electron chi connectivity index (χ1n) is 32.9. The number of unbranched alkanes of at least 4 members (excludes halogenated alkanes) is 13. The highest BCUT2D eigenvalue weighted by atomic mass is 16.7.